The van der Waals surface area contributed by atoms with Crippen LogP contribution in [0.2, 0.25) is 0 Å². The van der Waals surface area contributed by atoms with Gasteiger partial charge in [-0.2, -0.15) is 0 Å². The summed E-state index contributed by atoms with van der Waals surface area (Å²) in [5, 5.41) is 8.71. The first-order valence-corrected chi connectivity index (χ1v) is 11.2. The van der Waals surface area contributed by atoms with Gasteiger partial charge in [0.05, 0.1) is 0 Å². The van der Waals surface area contributed by atoms with Crippen molar-refractivity contribution in [3.63, 3.8) is 0 Å². The van der Waals surface area contributed by atoms with E-state index in [0.717, 1.165) is 44.9 Å². The number of hydrogen-bond acceptors (Lipinski definition) is 1. The van der Waals surface area contributed by atoms with Crippen molar-refractivity contribution in [2.24, 2.45) is 0 Å². The standard InChI is InChI=1S/C27H44O2/c1-22(2)12-9-15-25(5)18-10-16-23(3)13-7-8-14-24(4)17-11-19-26(6)20-21-27(28)29/h12-14,18-19H,7-11,15-17,20-21H2,1-6H3,(H,28,29)/b23-13+,24-14+,25-18+,26-19+. The van der Waals surface area contributed by atoms with Gasteiger partial charge in [0, 0.05) is 6.42 Å². The fourth-order valence-electron chi connectivity index (χ4n) is 3.05. The Hall–Kier alpha value is -1.83. The Labute approximate surface area is 180 Å². The van der Waals surface area contributed by atoms with Crippen LogP contribution in [0.1, 0.15) is 106 Å². The Kier molecular flexibility index (Phi) is 16.0. The van der Waals surface area contributed by atoms with Crippen LogP contribution in [-0.4, -0.2) is 11.1 Å². The van der Waals surface area contributed by atoms with Crippen molar-refractivity contribution in [2.75, 3.05) is 0 Å². The number of carboxylic acid groups (broad SMARTS) is 1. The van der Waals surface area contributed by atoms with E-state index in [9.17, 15) is 4.79 Å². The molecule has 0 bridgehead atoms. The van der Waals surface area contributed by atoms with Gasteiger partial charge in [-0.05, 0) is 99.3 Å². The zero-order valence-electron chi connectivity index (χ0n) is 19.8. The summed E-state index contributed by atoms with van der Waals surface area (Å²) < 4.78 is 0. The van der Waals surface area contributed by atoms with Crippen LogP contribution in [-0.2, 0) is 4.79 Å². The molecule has 2 nitrogen and oxygen atoms in total. The molecule has 0 amide bonds. The molecule has 164 valence electrons. The number of rotatable bonds is 15. The molecule has 1 N–H and O–H groups in total. The quantitative estimate of drug-likeness (QED) is 0.220. The second-order valence-corrected chi connectivity index (χ2v) is 8.57. The van der Waals surface area contributed by atoms with Gasteiger partial charge in [0.2, 0.25) is 0 Å². The van der Waals surface area contributed by atoms with Crippen molar-refractivity contribution in [1.29, 1.82) is 0 Å². The lowest BCUT2D eigenvalue weighted by Crippen LogP contribution is -1.94. The summed E-state index contributed by atoms with van der Waals surface area (Å²) in [6.45, 7) is 13.0. The maximum atomic E-state index is 10.6. The summed E-state index contributed by atoms with van der Waals surface area (Å²) in [7, 11) is 0. The summed E-state index contributed by atoms with van der Waals surface area (Å²) >= 11 is 0. The van der Waals surface area contributed by atoms with Crippen LogP contribution in [0.5, 0.6) is 0 Å². The summed E-state index contributed by atoms with van der Waals surface area (Å²) in [6, 6.07) is 0. The third-order valence-electron chi connectivity index (χ3n) is 5.04. The molecule has 0 radical (unpaired) electrons. The van der Waals surface area contributed by atoms with Crippen LogP contribution in [0.25, 0.3) is 0 Å². The molecule has 0 unspecified atom stereocenters. The van der Waals surface area contributed by atoms with E-state index >= 15 is 0 Å². The van der Waals surface area contributed by atoms with Crippen LogP contribution in [0.3, 0.4) is 0 Å². The van der Waals surface area contributed by atoms with Crippen molar-refractivity contribution >= 4 is 5.97 Å². The Morgan fingerprint density at radius 3 is 1.24 bits per heavy atom. The first kappa shape index (κ1) is 27.2. The van der Waals surface area contributed by atoms with Crippen molar-refractivity contribution in [3.05, 3.63) is 58.2 Å². The maximum absolute atomic E-state index is 10.6. The molecule has 0 aromatic carbocycles. The molecule has 0 heterocycles. The topological polar surface area (TPSA) is 37.3 Å². The van der Waals surface area contributed by atoms with Gasteiger partial charge < -0.3 is 5.11 Å². The third kappa shape index (κ3) is 19.3. The molecule has 2 heteroatoms. The molecular formula is C27H44O2. The van der Waals surface area contributed by atoms with Gasteiger partial charge in [-0.1, -0.05) is 58.2 Å². The minimum absolute atomic E-state index is 0.230. The van der Waals surface area contributed by atoms with Gasteiger partial charge in [0.25, 0.3) is 0 Å². The molecule has 0 atom stereocenters. The molecule has 0 saturated carbocycles. The SMILES string of the molecule is CC(C)=CCC/C(C)=C/CC/C(C)=C/CC/C=C(\C)CC/C=C(\C)CCC(=O)O. The lowest BCUT2D eigenvalue weighted by molar-refractivity contribution is -0.136. The van der Waals surface area contributed by atoms with Gasteiger partial charge in [-0.15, -0.1) is 0 Å². The average molecular weight is 401 g/mol. The van der Waals surface area contributed by atoms with Crippen LogP contribution < -0.4 is 0 Å². The predicted octanol–water partition coefficient (Wildman–Crippen LogP) is 8.72. The Morgan fingerprint density at radius 1 is 0.517 bits per heavy atom. The largest absolute Gasteiger partial charge is 0.481 e. The average Bonchev–Trinajstić information content (AvgIpc) is 2.63. The van der Waals surface area contributed by atoms with E-state index in [1.165, 1.54) is 34.3 Å². The molecule has 0 aliphatic carbocycles. The predicted molar refractivity (Wildman–Crippen MR) is 128 cm³/mol. The number of aliphatic carboxylic acids is 1. The first-order valence-electron chi connectivity index (χ1n) is 11.2. The summed E-state index contributed by atoms with van der Waals surface area (Å²) in [6.07, 6.45) is 21.4. The Morgan fingerprint density at radius 2 is 0.862 bits per heavy atom. The molecule has 0 saturated heterocycles. The molecule has 0 aliphatic heterocycles. The van der Waals surface area contributed by atoms with E-state index in [4.69, 9.17) is 5.11 Å². The van der Waals surface area contributed by atoms with Crippen molar-refractivity contribution in [1.82, 2.24) is 0 Å². The second-order valence-electron chi connectivity index (χ2n) is 8.57. The fourth-order valence-corrected chi connectivity index (χ4v) is 3.05. The normalized spacial score (nSPS) is 13.6. The minimum Gasteiger partial charge on any atom is -0.481 e. The molecule has 0 aromatic heterocycles. The summed E-state index contributed by atoms with van der Waals surface area (Å²) in [5.74, 6) is -0.720. The lowest BCUT2D eigenvalue weighted by Gasteiger charge is -2.02. The van der Waals surface area contributed by atoms with E-state index in [0.29, 0.717) is 6.42 Å². The number of allylic oxidation sites excluding steroid dienone is 10. The lowest BCUT2D eigenvalue weighted by atomic mass is 10.0. The van der Waals surface area contributed by atoms with E-state index in [2.05, 4.69) is 65.0 Å². The van der Waals surface area contributed by atoms with E-state index in [1.54, 1.807) is 0 Å². The van der Waals surface area contributed by atoms with E-state index < -0.39 is 5.97 Å². The van der Waals surface area contributed by atoms with E-state index in [1.807, 2.05) is 6.92 Å². The minimum atomic E-state index is -0.720. The molecule has 29 heavy (non-hydrogen) atoms. The highest BCUT2D eigenvalue weighted by atomic mass is 16.4. The highest BCUT2D eigenvalue weighted by Gasteiger charge is 1.97. The van der Waals surface area contributed by atoms with Crippen molar-refractivity contribution in [3.8, 4) is 0 Å². The van der Waals surface area contributed by atoms with Gasteiger partial charge in [0.15, 0.2) is 0 Å². The molecular weight excluding hydrogens is 356 g/mol. The van der Waals surface area contributed by atoms with Gasteiger partial charge in [0.1, 0.15) is 0 Å². The third-order valence-corrected chi connectivity index (χ3v) is 5.04. The molecule has 0 rings (SSSR count). The van der Waals surface area contributed by atoms with Crippen LogP contribution >= 0.6 is 0 Å². The van der Waals surface area contributed by atoms with Crippen molar-refractivity contribution < 1.29 is 9.90 Å². The fraction of sp³-hybridized carbons (Fsp3) is 0.593. The highest BCUT2D eigenvalue weighted by Crippen LogP contribution is 2.14. The second kappa shape index (κ2) is 17.1. The van der Waals surface area contributed by atoms with Gasteiger partial charge >= 0.3 is 5.97 Å². The van der Waals surface area contributed by atoms with Gasteiger partial charge in [-0.25, -0.2) is 0 Å². The zero-order valence-corrected chi connectivity index (χ0v) is 19.8. The summed E-state index contributed by atoms with van der Waals surface area (Å²) in [5.41, 5.74) is 7.00. The summed E-state index contributed by atoms with van der Waals surface area (Å²) in [4.78, 5) is 10.6. The van der Waals surface area contributed by atoms with Gasteiger partial charge in [-0.3, -0.25) is 4.79 Å². The molecule has 0 aliphatic rings. The zero-order chi connectivity index (χ0) is 22.1. The van der Waals surface area contributed by atoms with Crippen LogP contribution in [0, 0.1) is 0 Å². The van der Waals surface area contributed by atoms with Crippen LogP contribution in [0.15, 0.2) is 58.2 Å². The number of unbranched alkanes of at least 4 members (excludes halogenated alkanes) is 1. The highest BCUT2D eigenvalue weighted by molar-refractivity contribution is 5.66. The first-order chi connectivity index (χ1) is 13.7. The molecule has 0 aromatic rings. The Bertz CT molecular complexity index is 623. The smallest absolute Gasteiger partial charge is 0.303 e. The van der Waals surface area contributed by atoms with Crippen molar-refractivity contribution in [2.45, 2.75) is 106 Å². The monoisotopic (exact) mass is 400 g/mol. The number of hydrogen-bond donors (Lipinski definition) is 1. The number of carboxylic acids is 1. The maximum Gasteiger partial charge on any atom is 0.303 e. The van der Waals surface area contributed by atoms with Crippen LogP contribution in [0.4, 0.5) is 0 Å². The van der Waals surface area contributed by atoms with E-state index in [-0.39, 0.29) is 6.42 Å². The Balaban J connectivity index is 4.04. The number of carbonyl (C=O) groups is 1. The molecule has 0 spiro atoms. The molecule has 0 fully saturated rings.